The first-order valence-corrected chi connectivity index (χ1v) is 47.0. The van der Waals surface area contributed by atoms with Crippen molar-refractivity contribution in [2.24, 2.45) is 0 Å². The minimum Gasteiger partial charge on any atom is -0.394 e. The van der Waals surface area contributed by atoms with E-state index in [0.717, 1.165) is 34.6 Å². The van der Waals surface area contributed by atoms with E-state index in [0.29, 0.717) is 0 Å². The van der Waals surface area contributed by atoms with Crippen LogP contribution in [0, 0.1) is 0 Å². The molecule has 12 saturated heterocycles. The van der Waals surface area contributed by atoms with Crippen molar-refractivity contribution in [2.45, 2.75) is 410 Å². The smallest absolute Gasteiger partial charge is 0.217 e. The van der Waals surface area contributed by atoms with E-state index in [2.05, 4.69) is 26.6 Å². The molecule has 5 amide bonds. The molecule has 0 aliphatic carbocycles. The summed E-state index contributed by atoms with van der Waals surface area (Å²) in [5.41, 5.74) is 0. The van der Waals surface area contributed by atoms with Gasteiger partial charge in [-0.05, 0) is 6.92 Å². The van der Waals surface area contributed by atoms with Gasteiger partial charge in [-0.2, -0.15) is 0 Å². The Morgan fingerprint density at radius 2 is 0.429 bits per heavy atom. The molecule has 850 valence electrons. The quantitative estimate of drug-likeness (QED) is 0.0273. The van der Waals surface area contributed by atoms with Crippen molar-refractivity contribution in [3.8, 4) is 0 Å². The Hall–Kier alpha value is -4.85. The lowest BCUT2D eigenvalue weighted by atomic mass is 9.93. The molecule has 0 unspecified atom stereocenters. The van der Waals surface area contributed by atoms with Crippen molar-refractivity contribution in [3.63, 3.8) is 0 Å². The number of hydrogen-bond donors (Lipinski definition) is 37. The zero-order valence-electron chi connectivity index (χ0n) is 79.2. The maximum Gasteiger partial charge on any atom is 0.217 e. The van der Waals surface area contributed by atoms with Crippen molar-refractivity contribution in [1.29, 1.82) is 0 Å². The van der Waals surface area contributed by atoms with E-state index in [-0.39, 0.29) is 0 Å². The number of nitrogens with one attached hydrogen (secondary N) is 5. The average Bonchev–Trinajstić information content (AvgIpc) is 0.762. The van der Waals surface area contributed by atoms with Gasteiger partial charge in [0.25, 0.3) is 0 Å². The topological polar surface area (TPSA) is 1010 Å². The van der Waals surface area contributed by atoms with Crippen LogP contribution in [0.4, 0.5) is 0 Å². The molecule has 12 fully saturated rings. The number of carbonyl (C=O) groups is 5. The van der Waals surface area contributed by atoms with Crippen LogP contribution in [0.25, 0.3) is 0 Å². The highest BCUT2D eigenvalue weighted by Crippen LogP contribution is 2.43. The summed E-state index contributed by atoms with van der Waals surface area (Å²) in [6, 6.07) is -10.1. The van der Waals surface area contributed by atoms with E-state index in [9.17, 15) is 187 Å². The molecule has 0 aromatic heterocycles. The van der Waals surface area contributed by atoms with Gasteiger partial charge in [-0.1, -0.05) is 0 Å². The third-order valence-electron chi connectivity index (χ3n) is 27.0. The van der Waals surface area contributed by atoms with Gasteiger partial charge in [-0.25, -0.2) is 0 Å². The van der Waals surface area contributed by atoms with Crippen LogP contribution >= 0.6 is 0 Å². The maximum absolute atomic E-state index is 13.6. The molecule has 0 aromatic rings. The summed E-state index contributed by atoms with van der Waals surface area (Å²) in [4.78, 5) is 65.7. The van der Waals surface area contributed by atoms with E-state index in [1.165, 1.54) is 6.92 Å². The van der Waals surface area contributed by atoms with Crippen LogP contribution in [0.1, 0.15) is 41.5 Å². The Morgan fingerprint density at radius 3 is 0.816 bits per heavy atom. The molecule has 0 spiro atoms. The SMILES string of the molecule is CC(=O)N[C@@H]1[C@@H](O)[C@H](O[C@@H]2O[C@H](CO)[C@@H](O[C@@H]3O[C@H](CO[C@H]4O[C@H](CO)[C@@H](O)[C@H](O)[C@@H]4O[C@@H]4O[C@H](CO)[C@@H](O[C@@H]5O[C@H](CO)[C@H](O)[C@H](O)[C@H]5O)[C@H](O)[C@H]4NC(C)=O)[C@@H](O)[C@H](O[C@H]4O[C@H](CO)[C@@H](O[C@@H]5O[C@H](CO)[C@@H](O)[C@H](O)[C@H]5NC(C)=O)[C@H](O)[C@@H]4O[C@@H]4O[C@H](CO)[C@@H](O[C@@H]5O[C@H](CO)[C@H](O)[C@H](O[C@H]6O[C@H](CO)[C@H](O)[C@H](O)[C@H]6O)[C@H]5O)[C@H](O)[C@H]4NC(C)=O)[C@@H]3O)[C@H](O)[C@H]2NC(C)=O)[C@@H](CO[C@@H]2O[C@@H](C)[C@@H](O)[C@@H](O)[C@@H]2O)O[C@H]1O. The fraction of sp³-hybridized carbons (Fsp3) is 0.939. The predicted molar refractivity (Wildman–Crippen MR) is 452 cm³/mol. The molecule has 12 heterocycles. The third-order valence-corrected chi connectivity index (χ3v) is 27.0. The summed E-state index contributed by atoms with van der Waals surface area (Å²) < 4.78 is 138. The van der Waals surface area contributed by atoms with Gasteiger partial charge in [0, 0.05) is 34.6 Å². The largest absolute Gasteiger partial charge is 0.394 e. The van der Waals surface area contributed by atoms with E-state index in [1.807, 2.05) is 0 Å². The van der Waals surface area contributed by atoms with Crippen molar-refractivity contribution in [2.75, 3.05) is 72.7 Å². The number of amides is 5. The summed E-state index contributed by atoms with van der Waals surface area (Å²) in [5, 5.41) is 374. The highest BCUT2D eigenvalue weighted by Gasteiger charge is 2.64. The number of aliphatic hydroxyl groups excluding tert-OH is 32. The summed E-state index contributed by atoms with van der Waals surface area (Å²) in [5.74, 6) is -5.00. The lowest BCUT2D eigenvalue weighted by molar-refractivity contribution is -0.406. The number of ether oxygens (including phenoxy) is 23. The van der Waals surface area contributed by atoms with Crippen LogP contribution in [0.15, 0.2) is 0 Å². The molecular formula is C82H137N5O60. The first-order chi connectivity index (χ1) is 69.5. The van der Waals surface area contributed by atoms with Gasteiger partial charge in [0.2, 0.25) is 29.5 Å². The van der Waals surface area contributed by atoms with Crippen molar-refractivity contribution >= 4 is 29.5 Å². The minimum absolute atomic E-state index is 0.844. The molecule has 60 atom stereocenters. The molecule has 12 aliphatic heterocycles. The standard InChI is InChI=1S/C82H137N5O60/c1-18-40(102)52(114)56(118)76(127-18)125-17-34-66(48(110)35(71(124)128-34)83-19(2)97)140-73-37(85-21(4)99)49(111)64(30(13-94)134-73)143-80-61(123)68(46(108)33(138-80)16-126-81-69(55(117)44(106)27(10-91)133-81)146-74-38(86-22(5)100)50(112)62(29(12-93)135-74)141-77-57(119)53(115)42(104)25(8-89)130-77)145-82-70(59(121)65(32(15-96)137-82)139-72-36(84-20(3)98)47(109)41(103)24(7-88)129-72)147-75-39(87-23(6)101)51(113)63(31(14-95)136-75)142-79-60(122)67(45(107)28(11-92)132-79)144-78-58(120)54(116)43(105)26(9-90)131-78/h18,24-82,88-96,102-124H,7-17H2,1-6H3,(H,83,97)(H,84,98)(H,85,99)(H,86,100)(H,87,101)/t18-,24+,25+,26+,27+,28+,29+,30+,31+,32+,33+,34+,35+,36+,37+,38+,39+,40+,41+,42-,43-,44+,45-,46+,47+,48+,49+,50+,51+,52+,53-,54-,55-,56-,57+,58+,59-,60+,61-,62+,63+,64+,65+,66+,67-,68-,69-,70-,71+,72-,73-,74-,75-,76+,77-,78+,79-,80-,81-,82+/m0/s1. The van der Waals surface area contributed by atoms with Crippen molar-refractivity contribution < 1.29 is 296 Å². The Kier molecular flexibility index (Phi) is 43.4. The van der Waals surface area contributed by atoms with Gasteiger partial charge in [-0.3, -0.25) is 24.0 Å². The molecule has 147 heavy (non-hydrogen) atoms. The number of aliphatic hydroxyl groups is 32. The predicted octanol–water partition coefficient (Wildman–Crippen LogP) is -25.4. The van der Waals surface area contributed by atoms with Gasteiger partial charge in [-0.15, -0.1) is 0 Å². The highest BCUT2D eigenvalue weighted by atomic mass is 16.8. The summed E-state index contributed by atoms with van der Waals surface area (Å²) in [6.45, 7) is -7.21. The van der Waals surface area contributed by atoms with Gasteiger partial charge in [0.05, 0.1) is 78.8 Å². The molecule has 12 rings (SSSR count). The number of rotatable bonds is 38. The normalized spacial score (nSPS) is 49.6. The zero-order valence-corrected chi connectivity index (χ0v) is 79.2. The van der Waals surface area contributed by atoms with Crippen LogP contribution in [-0.2, 0) is 133 Å². The second kappa shape index (κ2) is 52.8. The van der Waals surface area contributed by atoms with Gasteiger partial charge >= 0.3 is 0 Å². The fourth-order valence-corrected chi connectivity index (χ4v) is 19.2. The van der Waals surface area contributed by atoms with Crippen LogP contribution in [-0.4, -0.2) is 634 Å². The van der Waals surface area contributed by atoms with Crippen LogP contribution < -0.4 is 26.6 Å². The Labute approximate surface area is 832 Å². The van der Waals surface area contributed by atoms with Crippen LogP contribution in [0.3, 0.4) is 0 Å². The van der Waals surface area contributed by atoms with E-state index < -0.39 is 470 Å². The molecule has 12 aliphatic rings. The second-order valence-corrected chi connectivity index (χ2v) is 37.3. The van der Waals surface area contributed by atoms with Crippen molar-refractivity contribution in [1.82, 2.24) is 26.6 Å². The second-order valence-electron chi connectivity index (χ2n) is 37.3. The summed E-state index contributed by atoms with van der Waals surface area (Å²) in [6.07, 6.45) is -119. The lowest BCUT2D eigenvalue weighted by Gasteiger charge is -2.52. The maximum atomic E-state index is 13.6. The Balaban J connectivity index is 0.918. The summed E-state index contributed by atoms with van der Waals surface area (Å²) in [7, 11) is 0. The molecule has 0 aromatic carbocycles. The zero-order chi connectivity index (χ0) is 108. The summed E-state index contributed by atoms with van der Waals surface area (Å²) >= 11 is 0. The molecular weight excluding hydrogens is 2010 g/mol. The number of hydrogen-bond acceptors (Lipinski definition) is 60. The van der Waals surface area contributed by atoms with E-state index in [1.54, 1.807) is 0 Å². The Morgan fingerprint density at radius 1 is 0.190 bits per heavy atom. The monoisotopic (exact) mass is 2150 g/mol. The first kappa shape index (κ1) is 121. The van der Waals surface area contributed by atoms with Gasteiger partial charge in [0.1, 0.15) is 287 Å². The van der Waals surface area contributed by atoms with E-state index in [4.69, 9.17) is 109 Å². The first-order valence-electron chi connectivity index (χ1n) is 47.0. The van der Waals surface area contributed by atoms with Gasteiger partial charge in [0.15, 0.2) is 75.5 Å². The number of carbonyl (C=O) groups excluding carboxylic acids is 5. The molecule has 65 heteroatoms. The molecule has 65 nitrogen and oxygen atoms in total. The third kappa shape index (κ3) is 26.8. The van der Waals surface area contributed by atoms with Gasteiger partial charge < -0.3 is 299 Å². The van der Waals surface area contributed by atoms with Crippen LogP contribution in [0.5, 0.6) is 0 Å². The molecule has 37 N–H and O–H groups in total. The minimum atomic E-state index is -2.79. The van der Waals surface area contributed by atoms with Crippen molar-refractivity contribution in [3.05, 3.63) is 0 Å². The highest BCUT2D eigenvalue weighted by molar-refractivity contribution is 5.75. The fourth-order valence-electron chi connectivity index (χ4n) is 19.2. The molecule has 0 saturated carbocycles. The van der Waals surface area contributed by atoms with E-state index >= 15 is 0 Å². The lowest BCUT2D eigenvalue weighted by Crippen LogP contribution is -2.71. The average molecular weight is 2150 g/mol. The molecule has 0 radical (unpaired) electrons. The van der Waals surface area contributed by atoms with Crippen LogP contribution in [0.2, 0.25) is 0 Å². The molecule has 0 bridgehead atoms. The Bertz CT molecular complexity index is 4110.